The number of hydrogen-bond donors (Lipinski definition) is 2. The van der Waals surface area contributed by atoms with Gasteiger partial charge in [0, 0.05) is 23.2 Å². The van der Waals surface area contributed by atoms with Crippen molar-refractivity contribution >= 4 is 56.5 Å². The molecule has 0 aromatic heterocycles. The summed E-state index contributed by atoms with van der Waals surface area (Å²) >= 11 is 15.1. The Labute approximate surface area is 158 Å². The zero-order valence-electron chi connectivity index (χ0n) is 12.6. The van der Waals surface area contributed by atoms with E-state index in [0.29, 0.717) is 10.8 Å². The van der Waals surface area contributed by atoms with Crippen LogP contribution in [0.5, 0.6) is 0 Å². The van der Waals surface area contributed by atoms with E-state index in [9.17, 15) is 4.79 Å². The van der Waals surface area contributed by atoms with E-state index in [4.69, 9.17) is 28.9 Å². The molecule has 0 atom stereocenters. The highest BCUT2D eigenvalue weighted by Gasteiger charge is 2.20. The number of nitrogens with one attached hydrogen (secondary N) is 1. The van der Waals surface area contributed by atoms with Crippen LogP contribution < -0.4 is 5.32 Å². The number of halogens is 2. The summed E-state index contributed by atoms with van der Waals surface area (Å²) in [5.41, 5.74) is 3.32. The van der Waals surface area contributed by atoms with Crippen LogP contribution in [0.25, 0.3) is 0 Å². The molecular formula is C17H14BrClN2O2S. The Balaban J connectivity index is 1.73. The van der Waals surface area contributed by atoms with Crippen LogP contribution in [0.4, 0.5) is 5.69 Å². The van der Waals surface area contributed by atoms with Crippen molar-refractivity contribution in [2.24, 2.45) is 0 Å². The van der Waals surface area contributed by atoms with E-state index in [1.165, 1.54) is 17.2 Å². The largest absolute Gasteiger partial charge is 0.478 e. The number of rotatable bonds is 2. The highest BCUT2D eigenvalue weighted by atomic mass is 79.9. The smallest absolute Gasteiger partial charge is 0.337 e. The number of carboxylic acids is 1. The van der Waals surface area contributed by atoms with Crippen LogP contribution in [0.3, 0.4) is 0 Å². The summed E-state index contributed by atoms with van der Waals surface area (Å²) in [4.78, 5) is 13.1. The SMILES string of the molecule is O=C(O)c1ccc(NC(=S)N2CCc3cccc(Br)c3C2)cc1Cl. The molecule has 0 saturated carbocycles. The molecule has 1 aliphatic heterocycles. The third-order valence-corrected chi connectivity index (χ3v) is 5.37. The maximum atomic E-state index is 11.0. The predicted molar refractivity (Wildman–Crippen MR) is 103 cm³/mol. The average Bonchev–Trinajstić information content (AvgIpc) is 2.54. The first-order valence-electron chi connectivity index (χ1n) is 7.31. The van der Waals surface area contributed by atoms with Gasteiger partial charge in [-0.05, 0) is 54.0 Å². The van der Waals surface area contributed by atoms with E-state index in [1.54, 1.807) is 12.1 Å². The van der Waals surface area contributed by atoms with E-state index in [-0.39, 0.29) is 10.6 Å². The topological polar surface area (TPSA) is 52.6 Å². The Morgan fingerprint density at radius 2 is 2.12 bits per heavy atom. The lowest BCUT2D eigenvalue weighted by Gasteiger charge is -2.31. The van der Waals surface area contributed by atoms with Crippen molar-refractivity contribution in [3.05, 3.63) is 62.6 Å². The zero-order valence-corrected chi connectivity index (χ0v) is 15.7. The first kappa shape index (κ1) is 17.2. The number of carboxylic acid groups (broad SMARTS) is 1. The van der Waals surface area contributed by atoms with Crippen molar-refractivity contribution < 1.29 is 9.90 Å². The number of nitrogens with zero attached hydrogens (tertiary/aromatic N) is 1. The summed E-state index contributed by atoms with van der Waals surface area (Å²) in [6.45, 7) is 1.56. The van der Waals surface area contributed by atoms with Crippen molar-refractivity contribution in [3.63, 3.8) is 0 Å². The third-order valence-electron chi connectivity index (χ3n) is 3.95. The van der Waals surface area contributed by atoms with Gasteiger partial charge in [0.1, 0.15) is 0 Å². The van der Waals surface area contributed by atoms with Gasteiger partial charge in [0.2, 0.25) is 0 Å². The number of benzene rings is 2. The van der Waals surface area contributed by atoms with E-state index >= 15 is 0 Å². The molecule has 24 heavy (non-hydrogen) atoms. The van der Waals surface area contributed by atoms with Crippen LogP contribution >= 0.6 is 39.7 Å². The van der Waals surface area contributed by atoms with Crippen molar-refractivity contribution in [1.29, 1.82) is 0 Å². The number of anilines is 1. The number of carbonyl (C=O) groups is 1. The van der Waals surface area contributed by atoms with Gasteiger partial charge in [0.05, 0.1) is 10.6 Å². The number of fused-ring (bicyclic) bond motifs is 1. The van der Waals surface area contributed by atoms with Gasteiger partial charge in [-0.3, -0.25) is 0 Å². The maximum absolute atomic E-state index is 11.0. The van der Waals surface area contributed by atoms with Crippen LogP contribution in [0.1, 0.15) is 21.5 Å². The molecule has 2 aromatic carbocycles. The maximum Gasteiger partial charge on any atom is 0.337 e. The lowest BCUT2D eigenvalue weighted by atomic mass is 10.0. The molecule has 124 valence electrons. The minimum absolute atomic E-state index is 0.0731. The van der Waals surface area contributed by atoms with Gasteiger partial charge in [0.15, 0.2) is 5.11 Å². The summed E-state index contributed by atoms with van der Waals surface area (Å²) in [5.74, 6) is -1.05. The van der Waals surface area contributed by atoms with Crippen molar-refractivity contribution in [3.8, 4) is 0 Å². The van der Waals surface area contributed by atoms with Gasteiger partial charge < -0.3 is 15.3 Å². The molecule has 0 spiro atoms. The van der Waals surface area contributed by atoms with Gasteiger partial charge in [0.25, 0.3) is 0 Å². The first-order valence-corrected chi connectivity index (χ1v) is 8.88. The van der Waals surface area contributed by atoms with Gasteiger partial charge in [-0.25, -0.2) is 4.79 Å². The summed E-state index contributed by atoms with van der Waals surface area (Å²) < 4.78 is 1.08. The normalized spacial score (nSPS) is 13.3. The highest BCUT2D eigenvalue weighted by Crippen LogP contribution is 2.27. The Hall–Kier alpha value is -1.63. The standard InChI is InChI=1S/C17H14BrClN2O2S/c18-14-3-1-2-10-6-7-21(9-13(10)14)17(24)20-11-4-5-12(16(22)23)15(19)8-11/h1-5,8H,6-7,9H2,(H,20,24)(H,22,23). The molecule has 4 nitrogen and oxygen atoms in total. The molecule has 0 aliphatic carbocycles. The molecule has 3 rings (SSSR count). The van der Waals surface area contributed by atoms with Gasteiger partial charge >= 0.3 is 5.97 Å². The van der Waals surface area contributed by atoms with Crippen molar-refractivity contribution in [2.75, 3.05) is 11.9 Å². The van der Waals surface area contributed by atoms with E-state index in [1.807, 2.05) is 12.1 Å². The Morgan fingerprint density at radius 3 is 2.83 bits per heavy atom. The Bertz CT molecular complexity index is 828. The van der Waals surface area contributed by atoms with Crippen molar-refractivity contribution in [1.82, 2.24) is 4.90 Å². The second kappa shape index (κ2) is 7.09. The van der Waals surface area contributed by atoms with Gasteiger partial charge in [-0.1, -0.05) is 39.7 Å². The minimum atomic E-state index is -1.05. The summed E-state index contributed by atoms with van der Waals surface area (Å²) in [6.07, 6.45) is 0.926. The van der Waals surface area contributed by atoms with Crippen molar-refractivity contribution in [2.45, 2.75) is 13.0 Å². The molecule has 0 saturated heterocycles. The van der Waals surface area contributed by atoms with Crippen LogP contribution in [-0.2, 0) is 13.0 Å². The summed E-state index contributed by atoms with van der Waals surface area (Å²) in [7, 11) is 0. The fourth-order valence-electron chi connectivity index (χ4n) is 2.68. The molecule has 0 radical (unpaired) electrons. The molecule has 7 heteroatoms. The zero-order chi connectivity index (χ0) is 17.3. The lowest BCUT2D eigenvalue weighted by Crippen LogP contribution is -2.38. The molecule has 0 fully saturated rings. The highest BCUT2D eigenvalue weighted by molar-refractivity contribution is 9.10. The van der Waals surface area contributed by atoms with Gasteiger partial charge in [-0.2, -0.15) is 0 Å². The second-order valence-electron chi connectivity index (χ2n) is 5.48. The Morgan fingerprint density at radius 1 is 1.33 bits per heavy atom. The predicted octanol–water partition coefficient (Wildman–Crippen LogP) is 4.56. The molecular weight excluding hydrogens is 412 g/mol. The van der Waals surface area contributed by atoms with E-state index in [2.05, 4.69) is 32.2 Å². The average molecular weight is 426 g/mol. The second-order valence-corrected chi connectivity index (χ2v) is 7.13. The molecule has 1 heterocycles. The number of thiocarbonyl (C=S) groups is 1. The summed E-state index contributed by atoms with van der Waals surface area (Å²) in [5, 5.41) is 12.9. The number of hydrogen-bond acceptors (Lipinski definition) is 2. The summed E-state index contributed by atoms with van der Waals surface area (Å²) in [6, 6.07) is 10.9. The fourth-order valence-corrected chi connectivity index (χ4v) is 3.75. The first-order chi connectivity index (χ1) is 11.5. The molecule has 0 amide bonds. The Kier molecular flexibility index (Phi) is 5.08. The molecule has 0 bridgehead atoms. The third kappa shape index (κ3) is 3.55. The van der Waals surface area contributed by atoms with E-state index < -0.39 is 5.97 Å². The molecule has 1 aliphatic rings. The van der Waals surface area contributed by atoms with Crippen LogP contribution in [0, 0.1) is 0 Å². The molecule has 0 unspecified atom stereocenters. The van der Waals surface area contributed by atoms with Crippen LogP contribution in [0.2, 0.25) is 5.02 Å². The fraction of sp³-hybridized carbons (Fsp3) is 0.176. The lowest BCUT2D eigenvalue weighted by molar-refractivity contribution is 0.0697. The van der Waals surface area contributed by atoms with Gasteiger partial charge in [-0.15, -0.1) is 0 Å². The van der Waals surface area contributed by atoms with E-state index in [0.717, 1.165) is 24.0 Å². The molecule has 2 aromatic rings. The monoisotopic (exact) mass is 424 g/mol. The minimum Gasteiger partial charge on any atom is -0.478 e. The van der Waals surface area contributed by atoms with Crippen LogP contribution in [0.15, 0.2) is 40.9 Å². The molecule has 2 N–H and O–H groups in total. The quantitative estimate of drug-likeness (QED) is 0.691. The van der Waals surface area contributed by atoms with Crippen LogP contribution in [-0.4, -0.2) is 27.6 Å². The number of aromatic carboxylic acids is 1.